The summed E-state index contributed by atoms with van der Waals surface area (Å²) in [5.41, 5.74) is -0.770. The molecule has 0 spiro atoms. The number of nitrogens with zero attached hydrogens (tertiary/aromatic N) is 2. The molecule has 3 amide bonds. The highest BCUT2D eigenvalue weighted by molar-refractivity contribution is 8.00. The Kier molecular flexibility index (Phi) is 9.23. The van der Waals surface area contributed by atoms with Gasteiger partial charge in [0, 0.05) is 48.1 Å². The molecular weight excluding hydrogens is 482 g/mol. The summed E-state index contributed by atoms with van der Waals surface area (Å²) in [7, 11) is 0. The second-order valence-corrected chi connectivity index (χ2v) is 9.63. The Morgan fingerprint density at radius 1 is 1.06 bits per heavy atom. The third kappa shape index (κ3) is 7.80. The van der Waals surface area contributed by atoms with Crippen molar-refractivity contribution >= 4 is 41.0 Å². The van der Waals surface area contributed by atoms with Gasteiger partial charge in [-0.3, -0.25) is 29.8 Å². The quantitative estimate of drug-likeness (QED) is 0.118. The molecule has 0 saturated carbocycles. The van der Waals surface area contributed by atoms with Crippen molar-refractivity contribution in [3.63, 3.8) is 0 Å². The largest absolute Gasteiger partial charge is 0.461 e. The number of hydrogen-bond donors (Lipinski definition) is 3. The Morgan fingerprint density at radius 3 is 2.46 bits per heavy atom. The van der Waals surface area contributed by atoms with E-state index in [0.29, 0.717) is 24.6 Å². The molecule has 13 nitrogen and oxygen atoms in total. The molecule has 2 heterocycles. The van der Waals surface area contributed by atoms with Gasteiger partial charge < -0.3 is 20.7 Å². The fourth-order valence-corrected chi connectivity index (χ4v) is 5.55. The fourth-order valence-electron chi connectivity index (χ4n) is 4.01. The number of nitro groups is 2. The van der Waals surface area contributed by atoms with Gasteiger partial charge in [-0.25, -0.2) is 4.79 Å². The van der Waals surface area contributed by atoms with E-state index in [9.17, 15) is 34.6 Å². The van der Waals surface area contributed by atoms with Crippen LogP contribution in [0.25, 0.3) is 0 Å². The Morgan fingerprint density at radius 2 is 1.77 bits per heavy atom. The van der Waals surface area contributed by atoms with Crippen LogP contribution in [-0.4, -0.2) is 57.4 Å². The number of hydrogen-bond acceptors (Lipinski definition) is 9. The first-order chi connectivity index (χ1) is 16.7. The number of thioether (sulfide) groups is 1. The van der Waals surface area contributed by atoms with Crippen molar-refractivity contribution in [2.75, 3.05) is 12.3 Å². The average molecular weight is 510 g/mol. The summed E-state index contributed by atoms with van der Waals surface area (Å²) in [5.74, 6) is 0.228. The molecule has 3 rings (SSSR count). The Hall–Kier alpha value is -3.42. The summed E-state index contributed by atoms with van der Waals surface area (Å²) in [6.07, 6.45) is 3.31. The Balaban J connectivity index is 1.26. The minimum atomic E-state index is -0.754. The highest BCUT2D eigenvalue weighted by Gasteiger charge is 2.42. The molecule has 1 aromatic rings. The number of nitrogens with one attached hydrogen (secondary N) is 3. The lowest BCUT2D eigenvalue weighted by atomic mass is 10.0. The van der Waals surface area contributed by atoms with Gasteiger partial charge >= 0.3 is 12.0 Å². The number of unbranched alkanes of at least 4 members (excludes halogenated alkanes) is 1. The summed E-state index contributed by atoms with van der Waals surface area (Å²) in [6.45, 7) is -0.0233. The van der Waals surface area contributed by atoms with Crippen molar-refractivity contribution in [2.24, 2.45) is 0 Å². The highest BCUT2D eigenvalue weighted by Crippen LogP contribution is 2.33. The number of carbonyl (C=O) groups is 3. The summed E-state index contributed by atoms with van der Waals surface area (Å²) in [5, 5.41) is 30.8. The van der Waals surface area contributed by atoms with E-state index in [2.05, 4.69) is 16.0 Å². The highest BCUT2D eigenvalue weighted by atomic mass is 32.2. The summed E-state index contributed by atoms with van der Waals surface area (Å²) < 4.78 is 5.04. The number of fused-ring (bicyclic) bond motifs is 1. The zero-order valence-electron chi connectivity index (χ0n) is 18.9. The van der Waals surface area contributed by atoms with Crippen LogP contribution in [0, 0.1) is 20.2 Å². The van der Waals surface area contributed by atoms with Crippen LogP contribution in [0.2, 0.25) is 0 Å². The lowest BCUT2D eigenvalue weighted by Gasteiger charge is -2.16. The van der Waals surface area contributed by atoms with Gasteiger partial charge in [-0.2, -0.15) is 11.8 Å². The van der Waals surface area contributed by atoms with E-state index in [1.54, 1.807) is 0 Å². The van der Waals surface area contributed by atoms with E-state index in [-0.39, 0.29) is 42.6 Å². The normalized spacial score (nSPS) is 20.5. The van der Waals surface area contributed by atoms with Crippen LogP contribution >= 0.6 is 11.8 Å². The molecule has 190 valence electrons. The monoisotopic (exact) mass is 509 g/mol. The number of urea groups is 1. The van der Waals surface area contributed by atoms with Gasteiger partial charge in [0.2, 0.25) is 5.91 Å². The maximum absolute atomic E-state index is 12.0. The topological polar surface area (TPSA) is 183 Å². The number of carbonyl (C=O) groups excluding carboxylic acids is 3. The van der Waals surface area contributed by atoms with E-state index < -0.39 is 27.2 Å². The number of esters is 1. The molecule has 2 fully saturated rings. The summed E-state index contributed by atoms with van der Waals surface area (Å²) >= 11 is 1.84. The molecule has 2 saturated heterocycles. The van der Waals surface area contributed by atoms with Crippen molar-refractivity contribution in [2.45, 2.75) is 62.5 Å². The van der Waals surface area contributed by atoms with Gasteiger partial charge in [0.05, 0.1) is 28.0 Å². The lowest BCUT2D eigenvalue weighted by Crippen LogP contribution is -2.36. The van der Waals surface area contributed by atoms with Crippen molar-refractivity contribution in [1.82, 2.24) is 16.0 Å². The molecule has 0 aliphatic carbocycles. The Bertz CT molecular complexity index is 958. The first-order valence-corrected chi connectivity index (χ1v) is 12.3. The van der Waals surface area contributed by atoms with Crippen molar-refractivity contribution in [3.8, 4) is 0 Å². The number of nitro benzene ring substituents is 2. The first kappa shape index (κ1) is 26.2. The smallest absolute Gasteiger partial charge is 0.315 e. The van der Waals surface area contributed by atoms with Gasteiger partial charge in [0.25, 0.3) is 11.4 Å². The average Bonchev–Trinajstić information content (AvgIpc) is 3.37. The number of non-ortho nitro benzene ring substituents is 2. The number of rotatable bonds is 13. The maximum Gasteiger partial charge on any atom is 0.315 e. The van der Waals surface area contributed by atoms with Crippen LogP contribution in [0.15, 0.2) is 18.2 Å². The zero-order chi connectivity index (χ0) is 25.4. The number of amides is 3. The standard InChI is InChI=1S/C21H27N5O8S/c27-18(5-2-1-4-17-20-16(12-35-17)23-21(29)24-20)22-7-3-6-19(28)34-11-13-8-14(25(30)31)10-15(9-13)26(32)33/h8-10,16-17,20H,1-7,11-12H2,(H,22,27)(H2,23,24,29)/t16-,17-,20-/m0/s1. The minimum Gasteiger partial charge on any atom is -0.461 e. The van der Waals surface area contributed by atoms with Crippen molar-refractivity contribution in [1.29, 1.82) is 0 Å². The second kappa shape index (κ2) is 12.3. The van der Waals surface area contributed by atoms with Gasteiger partial charge in [-0.1, -0.05) is 6.42 Å². The summed E-state index contributed by atoms with van der Waals surface area (Å²) in [4.78, 5) is 55.6. The molecule has 2 aliphatic rings. The summed E-state index contributed by atoms with van der Waals surface area (Å²) in [6, 6.07) is 3.31. The molecule has 35 heavy (non-hydrogen) atoms. The van der Waals surface area contributed by atoms with Gasteiger partial charge in [-0.15, -0.1) is 0 Å². The van der Waals surface area contributed by atoms with Crippen LogP contribution in [0.3, 0.4) is 0 Å². The zero-order valence-corrected chi connectivity index (χ0v) is 19.7. The molecule has 3 atom stereocenters. The van der Waals surface area contributed by atoms with Crippen LogP contribution < -0.4 is 16.0 Å². The Labute approximate surface area is 205 Å². The lowest BCUT2D eigenvalue weighted by molar-refractivity contribution is -0.394. The first-order valence-electron chi connectivity index (χ1n) is 11.3. The van der Waals surface area contributed by atoms with Crippen LogP contribution in [0.4, 0.5) is 16.2 Å². The minimum absolute atomic E-state index is 0.0263. The molecule has 3 N–H and O–H groups in total. The number of benzene rings is 1. The molecule has 14 heteroatoms. The molecule has 2 aliphatic heterocycles. The van der Waals surface area contributed by atoms with Crippen molar-refractivity contribution < 1.29 is 29.0 Å². The second-order valence-electron chi connectivity index (χ2n) is 8.35. The van der Waals surface area contributed by atoms with E-state index in [1.165, 1.54) is 0 Å². The van der Waals surface area contributed by atoms with E-state index in [4.69, 9.17) is 4.74 Å². The molecule has 0 bridgehead atoms. The molecule has 0 unspecified atom stereocenters. The van der Waals surface area contributed by atoms with Gasteiger partial charge in [0.15, 0.2) is 0 Å². The maximum atomic E-state index is 12.0. The predicted octanol–water partition coefficient (Wildman–Crippen LogP) is 2.17. The predicted molar refractivity (Wildman–Crippen MR) is 126 cm³/mol. The fraction of sp³-hybridized carbons (Fsp3) is 0.571. The van der Waals surface area contributed by atoms with E-state index in [1.807, 2.05) is 11.8 Å². The molecular formula is C21H27N5O8S. The van der Waals surface area contributed by atoms with Crippen molar-refractivity contribution in [3.05, 3.63) is 44.0 Å². The molecule has 0 radical (unpaired) electrons. The van der Waals surface area contributed by atoms with Crippen LogP contribution in [0.1, 0.15) is 44.1 Å². The molecule has 1 aromatic carbocycles. The van der Waals surface area contributed by atoms with E-state index >= 15 is 0 Å². The number of ether oxygens (including phenoxy) is 1. The third-order valence-electron chi connectivity index (χ3n) is 5.74. The van der Waals surface area contributed by atoms with E-state index in [0.717, 1.165) is 43.2 Å². The van der Waals surface area contributed by atoms with Gasteiger partial charge in [0.1, 0.15) is 6.61 Å². The van der Waals surface area contributed by atoms with Crippen LogP contribution in [0.5, 0.6) is 0 Å². The van der Waals surface area contributed by atoms with Gasteiger partial charge in [-0.05, 0) is 19.3 Å². The molecule has 0 aromatic heterocycles. The third-order valence-corrected chi connectivity index (χ3v) is 7.25. The SMILES string of the molecule is O=C(CCCC[C@@H]1SC[C@@H]2NC(=O)N[C@@H]21)NCCCC(=O)OCc1cc([N+](=O)[O-])cc([N+](=O)[O-])c1. The van der Waals surface area contributed by atoms with Crippen LogP contribution in [-0.2, 0) is 20.9 Å².